The molecule has 2 aromatic carbocycles. The summed E-state index contributed by atoms with van der Waals surface area (Å²) in [5, 5.41) is 15.0. The molecule has 1 fully saturated rings. The number of benzene rings is 2. The lowest BCUT2D eigenvalue weighted by atomic mass is 10.2. The van der Waals surface area contributed by atoms with E-state index in [4.69, 9.17) is 9.47 Å². The minimum Gasteiger partial charge on any atom is -0.454 e. The Labute approximate surface area is 188 Å². The van der Waals surface area contributed by atoms with E-state index in [1.807, 2.05) is 49.4 Å². The molecule has 0 bridgehead atoms. The van der Waals surface area contributed by atoms with Gasteiger partial charge in [-0.05, 0) is 50.1 Å². The Bertz CT molecular complexity index is 1160. The average Bonchev–Trinajstić information content (AvgIpc) is 3.55. The maximum Gasteiger partial charge on any atom is 0.322 e. The molecule has 1 atom stereocenters. The van der Waals surface area contributed by atoms with E-state index in [9.17, 15) is 9.59 Å². The molecule has 3 aromatic rings. The van der Waals surface area contributed by atoms with Crippen LogP contribution in [0.4, 0.5) is 15.6 Å². The molecule has 0 saturated carbocycles. The number of carbonyl (C=O) groups excluding carboxylic acids is 2. The van der Waals surface area contributed by atoms with E-state index in [1.165, 1.54) is 11.3 Å². The highest BCUT2D eigenvalue weighted by molar-refractivity contribution is 7.18. The van der Waals surface area contributed by atoms with Crippen LogP contribution in [0.5, 0.6) is 11.5 Å². The molecule has 0 aliphatic carbocycles. The van der Waals surface area contributed by atoms with Gasteiger partial charge in [-0.1, -0.05) is 29.0 Å². The molecule has 3 heterocycles. The number of fused-ring (bicyclic) bond motifs is 1. The van der Waals surface area contributed by atoms with Crippen LogP contribution in [-0.4, -0.2) is 46.4 Å². The number of likely N-dealkylation sites (tertiary alicyclic amines) is 1. The van der Waals surface area contributed by atoms with Gasteiger partial charge in [-0.25, -0.2) is 4.79 Å². The zero-order chi connectivity index (χ0) is 22.1. The molecule has 32 heavy (non-hydrogen) atoms. The Morgan fingerprint density at radius 1 is 1.06 bits per heavy atom. The Hall–Kier alpha value is -3.66. The summed E-state index contributed by atoms with van der Waals surface area (Å²) in [6, 6.07) is 12.2. The highest BCUT2D eigenvalue weighted by Gasteiger charge is 2.34. The van der Waals surface area contributed by atoms with Gasteiger partial charge in [0.2, 0.25) is 17.8 Å². The number of nitrogens with one attached hydrogen (secondary N) is 2. The average molecular weight is 452 g/mol. The minimum absolute atomic E-state index is 0.200. The quantitative estimate of drug-likeness (QED) is 0.624. The lowest BCUT2D eigenvalue weighted by Gasteiger charge is -2.23. The van der Waals surface area contributed by atoms with Crippen molar-refractivity contribution in [3.05, 3.63) is 48.0 Å². The molecule has 1 unspecified atom stereocenters. The molecule has 5 rings (SSSR count). The molecular weight excluding hydrogens is 430 g/mol. The number of amides is 3. The van der Waals surface area contributed by atoms with E-state index in [-0.39, 0.29) is 18.7 Å². The van der Waals surface area contributed by atoms with Gasteiger partial charge in [0.25, 0.3) is 0 Å². The van der Waals surface area contributed by atoms with Crippen molar-refractivity contribution in [1.82, 2.24) is 15.1 Å². The van der Waals surface area contributed by atoms with Crippen molar-refractivity contribution < 1.29 is 19.1 Å². The first kappa shape index (κ1) is 20.3. The number of hydrogen-bond acceptors (Lipinski definition) is 7. The van der Waals surface area contributed by atoms with Crippen molar-refractivity contribution in [2.75, 3.05) is 24.0 Å². The predicted octanol–water partition coefficient (Wildman–Crippen LogP) is 3.88. The number of urea groups is 1. The van der Waals surface area contributed by atoms with Crippen LogP contribution in [0.25, 0.3) is 10.6 Å². The molecule has 10 heteroatoms. The Balaban J connectivity index is 1.24. The molecule has 3 amide bonds. The fraction of sp³-hybridized carbons (Fsp3) is 0.273. The van der Waals surface area contributed by atoms with E-state index in [0.717, 1.165) is 17.5 Å². The molecule has 164 valence electrons. The molecular formula is C22H21N5O4S. The normalized spacial score (nSPS) is 16.8. The van der Waals surface area contributed by atoms with E-state index < -0.39 is 6.04 Å². The first-order valence-electron chi connectivity index (χ1n) is 10.3. The van der Waals surface area contributed by atoms with Gasteiger partial charge >= 0.3 is 6.03 Å². The summed E-state index contributed by atoms with van der Waals surface area (Å²) < 4.78 is 10.7. The zero-order valence-electron chi connectivity index (χ0n) is 17.3. The third kappa shape index (κ3) is 4.09. The zero-order valence-corrected chi connectivity index (χ0v) is 18.1. The van der Waals surface area contributed by atoms with Crippen molar-refractivity contribution >= 4 is 34.1 Å². The van der Waals surface area contributed by atoms with Gasteiger partial charge in [-0.2, -0.15) is 0 Å². The van der Waals surface area contributed by atoms with Gasteiger partial charge in [0.1, 0.15) is 11.0 Å². The van der Waals surface area contributed by atoms with Gasteiger partial charge < -0.3 is 19.7 Å². The largest absolute Gasteiger partial charge is 0.454 e. The van der Waals surface area contributed by atoms with Crippen LogP contribution in [-0.2, 0) is 4.79 Å². The van der Waals surface area contributed by atoms with E-state index >= 15 is 0 Å². The van der Waals surface area contributed by atoms with Crippen molar-refractivity contribution in [2.45, 2.75) is 25.8 Å². The summed E-state index contributed by atoms with van der Waals surface area (Å²) in [5.41, 5.74) is 2.63. The second kappa shape index (κ2) is 8.46. The van der Waals surface area contributed by atoms with Crippen molar-refractivity contribution in [1.29, 1.82) is 0 Å². The lowest BCUT2D eigenvalue weighted by molar-refractivity contribution is -0.119. The number of carbonyl (C=O) groups is 2. The number of aryl methyl sites for hydroxylation is 1. The summed E-state index contributed by atoms with van der Waals surface area (Å²) in [4.78, 5) is 27.2. The van der Waals surface area contributed by atoms with Gasteiger partial charge in [-0.3, -0.25) is 10.1 Å². The van der Waals surface area contributed by atoms with Crippen LogP contribution in [0.1, 0.15) is 18.4 Å². The third-order valence-corrected chi connectivity index (χ3v) is 6.28. The lowest BCUT2D eigenvalue weighted by Crippen LogP contribution is -2.45. The Kier molecular flexibility index (Phi) is 5.36. The maximum absolute atomic E-state index is 12.9. The van der Waals surface area contributed by atoms with Gasteiger partial charge in [0.15, 0.2) is 11.5 Å². The summed E-state index contributed by atoms with van der Waals surface area (Å²) >= 11 is 1.26. The summed E-state index contributed by atoms with van der Waals surface area (Å²) in [7, 11) is 0. The van der Waals surface area contributed by atoms with Crippen LogP contribution in [0, 0.1) is 6.92 Å². The van der Waals surface area contributed by atoms with E-state index in [0.29, 0.717) is 40.3 Å². The monoisotopic (exact) mass is 451 g/mol. The fourth-order valence-electron chi connectivity index (χ4n) is 3.72. The number of ether oxygens (including phenoxy) is 2. The topological polar surface area (TPSA) is 106 Å². The SMILES string of the molecule is Cc1ccc(NC(=O)N2CCCC2C(=O)Nc2nnc(-c3ccc4c(c3)OCO4)s2)cc1. The second-order valence-corrected chi connectivity index (χ2v) is 8.59. The van der Waals surface area contributed by atoms with Gasteiger partial charge in [0, 0.05) is 17.8 Å². The number of hydrogen-bond donors (Lipinski definition) is 2. The Morgan fingerprint density at radius 3 is 2.72 bits per heavy atom. The molecule has 2 aliphatic heterocycles. The molecule has 0 radical (unpaired) electrons. The molecule has 1 saturated heterocycles. The number of anilines is 2. The first-order chi connectivity index (χ1) is 15.6. The van der Waals surface area contributed by atoms with Crippen molar-refractivity contribution in [2.24, 2.45) is 0 Å². The number of aromatic nitrogens is 2. The van der Waals surface area contributed by atoms with Crippen LogP contribution in [0.2, 0.25) is 0 Å². The van der Waals surface area contributed by atoms with Crippen molar-refractivity contribution in [3.63, 3.8) is 0 Å². The van der Waals surface area contributed by atoms with Crippen LogP contribution < -0.4 is 20.1 Å². The standard InChI is InChI=1S/C22H21N5O4S/c1-13-4-7-15(8-5-13)23-22(29)27-10-2-3-16(27)19(28)24-21-26-25-20(32-21)14-6-9-17-18(11-14)31-12-30-17/h4-9,11,16H,2-3,10,12H2,1H3,(H,23,29)(H,24,26,28). The Morgan fingerprint density at radius 2 is 1.88 bits per heavy atom. The van der Waals surface area contributed by atoms with Crippen molar-refractivity contribution in [3.8, 4) is 22.1 Å². The summed E-state index contributed by atoms with van der Waals surface area (Å²) in [5.74, 6) is 1.08. The smallest absolute Gasteiger partial charge is 0.322 e. The molecule has 9 nitrogen and oxygen atoms in total. The van der Waals surface area contributed by atoms with Gasteiger partial charge in [-0.15, -0.1) is 10.2 Å². The second-order valence-electron chi connectivity index (χ2n) is 7.62. The number of nitrogens with zero attached hydrogens (tertiary/aromatic N) is 3. The molecule has 0 spiro atoms. The van der Waals surface area contributed by atoms with Crippen LogP contribution >= 0.6 is 11.3 Å². The van der Waals surface area contributed by atoms with E-state index in [1.54, 1.807) is 4.90 Å². The third-order valence-electron chi connectivity index (χ3n) is 5.39. The van der Waals surface area contributed by atoms with Crippen LogP contribution in [0.3, 0.4) is 0 Å². The predicted molar refractivity (Wildman–Crippen MR) is 120 cm³/mol. The maximum atomic E-state index is 12.9. The highest BCUT2D eigenvalue weighted by atomic mass is 32.1. The summed E-state index contributed by atoms with van der Waals surface area (Å²) in [6.07, 6.45) is 1.36. The molecule has 2 aliphatic rings. The molecule has 2 N–H and O–H groups in total. The summed E-state index contributed by atoms with van der Waals surface area (Å²) in [6.45, 7) is 2.71. The highest BCUT2D eigenvalue weighted by Crippen LogP contribution is 2.37. The van der Waals surface area contributed by atoms with E-state index in [2.05, 4.69) is 20.8 Å². The molecule has 1 aromatic heterocycles. The first-order valence-corrected chi connectivity index (χ1v) is 11.1. The minimum atomic E-state index is -0.557. The van der Waals surface area contributed by atoms with Gasteiger partial charge in [0.05, 0.1) is 0 Å². The fourth-order valence-corrected chi connectivity index (χ4v) is 4.47. The van der Waals surface area contributed by atoms with Crippen LogP contribution in [0.15, 0.2) is 42.5 Å². The number of rotatable bonds is 4.